The Morgan fingerprint density at radius 2 is 2.11 bits per heavy atom. The number of nitro groups is 1. The average molecular weight is 286 g/mol. The molecule has 0 saturated heterocycles. The van der Waals surface area contributed by atoms with E-state index in [0.717, 1.165) is 6.20 Å². The second-order valence-electron chi connectivity index (χ2n) is 3.81. The van der Waals surface area contributed by atoms with Crippen LogP contribution in [-0.2, 0) is 0 Å². The van der Waals surface area contributed by atoms with Crippen molar-refractivity contribution in [1.82, 2.24) is 10.6 Å². The van der Waals surface area contributed by atoms with Gasteiger partial charge >= 0.3 is 0 Å². The van der Waals surface area contributed by atoms with Gasteiger partial charge in [0.05, 0.1) is 11.0 Å². The summed E-state index contributed by atoms with van der Waals surface area (Å²) in [5.41, 5.74) is 0.689. The highest BCUT2D eigenvalue weighted by molar-refractivity contribution is 6.30. The molecular formula is C12H16ClN3O3. The van der Waals surface area contributed by atoms with E-state index in [1.54, 1.807) is 24.3 Å². The number of hydrogen-bond acceptors (Lipinski definition) is 5. The lowest BCUT2D eigenvalue weighted by Crippen LogP contribution is -2.30. The molecule has 0 bridgehead atoms. The summed E-state index contributed by atoms with van der Waals surface area (Å²) in [7, 11) is 0. The maximum absolute atomic E-state index is 10.4. The number of halogens is 1. The van der Waals surface area contributed by atoms with E-state index in [0.29, 0.717) is 17.1 Å². The van der Waals surface area contributed by atoms with Crippen molar-refractivity contribution in [2.75, 3.05) is 13.1 Å². The predicted octanol–water partition coefficient (Wildman–Crippen LogP) is 1.65. The van der Waals surface area contributed by atoms with Gasteiger partial charge in [-0.25, -0.2) is 0 Å². The smallest absolute Gasteiger partial charge is 0.274 e. The summed E-state index contributed by atoms with van der Waals surface area (Å²) < 4.78 is 0. The van der Waals surface area contributed by atoms with Gasteiger partial charge in [-0.15, -0.1) is 0 Å². The van der Waals surface area contributed by atoms with Crippen molar-refractivity contribution in [3.05, 3.63) is 57.0 Å². The highest BCUT2D eigenvalue weighted by Crippen LogP contribution is 2.15. The van der Waals surface area contributed by atoms with E-state index in [-0.39, 0.29) is 12.4 Å². The first kappa shape index (κ1) is 15.3. The molecule has 0 aromatic heterocycles. The molecule has 0 spiro atoms. The van der Waals surface area contributed by atoms with Crippen LogP contribution in [0.4, 0.5) is 0 Å². The number of benzene rings is 1. The summed E-state index contributed by atoms with van der Waals surface area (Å²) in [5.74, 6) is 0.264. The van der Waals surface area contributed by atoms with Crippen LogP contribution >= 0.6 is 11.6 Å². The van der Waals surface area contributed by atoms with Gasteiger partial charge in [0.25, 0.3) is 6.20 Å². The molecule has 1 unspecified atom stereocenters. The molecule has 0 aliphatic heterocycles. The quantitative estimate of drug-likeness (QED) is 0.524. The van der Waals surface area contributed by atoms with E-state index in [4.69, 9.17) is 11.6 Å². The fourth-order valence-electron chi connectivity index (χ4n) is 1.46. The third-order valence-electron chi connectivity index (χ3n) is 2.34. The zero-order chi connectivity index (χ0) is 14.3. The van der Waals surface area contributed by atoms with E-state index in [2.05, 4.69) is 10.6 Å². The summed E-state index contributed by atoms with van der Waals surface area (Å²) >= 11 is 5.75. The Bertz CT molecular complexity index is 448. The zero-order valence-electron chi connectivity index (χ0n) is 10.5. The Hall–Kier alpha value is -1.79. The topological polar surface area (TPSA) is 87.4 Å². The van der Waals surface area contributed by atoms with Gasteiger partial charge in [-0.05, 0) is 24.6 Å². The lowest BCUT2D eigenvalue weighted by atomic mass is 10.1. The van der Waals surface area contributed by atoms with Crippen molar-refractivity contribution in [3.63, 3.8) is 0 Å². The third kappa shape index (κ3) is 5.58. The minimum atomic E-state index is -0.772. The van der Waals surface area contributed by atoms with E-state index in [9.17, 15) is 15.2 Å². The Labute approximate surface area is 116 Å². The number of hydrogen-bond donors (Lipinski definition) is 3. The minimum absolute atomic E-state index is 0.161. The van der Waals surface area contributed by atoms with Crippen molar-refractivity contribution in [1.29, 1.82) is 0 Å². The van der Waals surface area contributed by atoms with Gasteiger partial charge < -0.3 is 15.7 Å². The number of aliphatic hydroxyl groups is 1. The fraction of sp³-hybridized carbons (Fsp3) is 0.333. The summed E-state index contributed by atoms with van der Waals surface area (Å²) in [6.07, 6.45) is 0.0593. The maximum Gasteiger partial charge on any atom is 0.274 e. The molecule has 3 N–H and O–H groups in total. The third-order valence-corrected chi connectivity index (χ3v) is 2.59. The van der Waals surface area contributed by atoms with E-state index in [1.807, 2.05) is 6.92 Å². The average Bonchev–Trinajstić information content (AvgIpc) is 2.36. The van der Waals surface area contributed by atoms with Crippen molar-refractivity contribution in [3.8, 4) is 0 Å². The number of nitrogens with one attached hydrogen (secondary N) is 2. The first-order valence-corrected chi connectivity index (χ1v) is 6.17. The molecule has 0 saturated carbocycles. The van der Waals surface area contributed by atoms with E-state index < -0.39 is 11.0 Å². The summed E-state index contributed by atoms with van der Waals surface area (Å²) in [6, 6.07) is 6.77. The van der Waals surface area contributed by atoms with Gasteiger partial charge in [-0.3, -0.25) is 10.1 Å². The van der Waals surface area contributed by atoms with Crippen molar-refractivity contribution >= 4 is 11.6 Å². The van der Waals surface area contributed by atoms with Gasteiger partial charge in [0, 0.05) is 18.1 Å². The van der Waals surface area contributed by atoms with Crippen molar-refractivity contribution in [2.45, 2.75) is 13.0 Å². The molecule has 0 aliphatic carbocycles. The second-order valence-corrected chi connectivity index (χ2v) is 4.24. The van der Waals surface area contributed by atoms with Crippen molar-refractivity contribution in [2.24, 2.45) is 0 Å². The standard InChI is InChI=1S/C12H16ClN3O3/c1-2-14-12(8-16(18)19)15-7-11(17)9-3-5-10(13)6-4-9/h3-6,8,11,14-15,17H,2,7H2,1H3. The van der Waals surface area contributed by atoms with Crippen LogP contribution in [0.15, 0.2) is 36.3 Å². The summed E-state index contributed by atoms with van der Waals surface area (Å²) in [6.45, 7) is 2.53. The van der Waals surface area contributed by atoms with E-state index in [1.165, 1.54) is 0 Å². The van der Waals surface area contributed by atoms with Gasteiger partial charge in [0.1, 0.15) is 0 Å². The van der Waals surface area contributed by atoms with Crippen LogP contribution in [0.1, 0.15) is 18.6 Å². The molecule has 1 atom stereocenters. The predicted molar refractivity (Wildman–Crippen MR) is 73.2 cm³/mol. The van der Waals surface area contributed by atoms with Gasteiger partial charge in [-0.1, -0.05) is 23.7 Å². The van der Waals surface area contributed by atoms with Gasteiger partial charge in [-0.2, -0.15) is 0 Å². The Morgan fingerprint density at radius 3 is 2.63 bits per heavy atom. The monoisotopic (exact) mass is 285 g/mol. The first-order valence-electron chi connectivity index (χ1n) is 5.79. The molecular weight excluding hydrogens is 270 g/mol. The maximum atomic E-state index is 10.4. The molecule has 0 fully saturated rings. The first-order chi connectivity index (χ1) is 9.02. The number of rotatable bonds is 7. The van der Waals surface area contributed by atoms with Crippen LogP contribution in [-0.4, -0.2) is 23.1 Å². The Morgan fingerprint density at radius 1 is 1.47 bits per heavy atom. The molecule has 1 aromatic carbocycles. The number of aliphatic hydroxyl groups excluding tert-OH is 1. The van der Waals surface area contributed by atoms with Crippen molar-refractivity contribution < 1.29 is 10.0 Å². The molecule has 7 heteroatoms. The minimum Gasteiger partial charge on any atom is -0.387 e. The molecule has 104 valence electrons. The highest BCUT2D eigenvalue weighted by Gasteiger charge is 2.09. The largest absolute Gasteiger partial charge is 0.387 e. The molecule has 0 radical (unpaired) electrons. The molecule has 0 heterocycles. The molecule has 0 amide bonds. The SMILES string of the molecule is CCNC(=C[N+](=O)[O-])NCC(O)c1ccc(Cl)cc1. The van der Waals surface area contributed by atoms with Crippen LogP contribution in [0.2, 0.25) is 5.02 Å². The lowest BCUT2D eigenvalue weighted by molar-refractivity contribution is -0.404. The van der Waals surface area contributed by atoms with Crippen LogP contribution in [0.3, 0.4) is 0 Å². The zero-order valence-corrected chi connectivity index (χ0v) is 11.2. The Kier molecular flexibility index (Phi) is 6.11. The summed E-state index contributed by atoms with van der Waals surface area (Å²) in [5, 5.41) is 26.5. The second kappa shape index (κ2) is 7.60. The fourth-order valence-corrected chi connectivity index (χ4v) is 1.59. The molecule has 19 heavy (non-hydrogen) atoms. The normalized spacial score (nSPS) is 12.9. The highest BCUT2D eigenvalue weighted by atomic mass is 35.5. The van der Waals surface area contributed by atoms with Gasteiger partial charge in [0.2, 0.25) is 0 Å². The Balaban J connectivity index is 2.58. The number of nitrogens with zero attached hydrogens (tertiary/aromatic N) is 1. The molecule has 6 nitrogen and oxygen atoms in total. The van der Waals surface area contributed by atoms with Crippen LogP contribution in [0.5, 0.6) is 0 Å². The lowest BCUT2D eigenvalue weighted by Gasteiger charge is -2.14. The molecule has 0 aliphatic rings. The van der Waals surface area contributed by atoms with Crippen LogP contribution in [0, 0.1) is 10.1 Å². The van der Waals surface area contributed by atoms with E-state index >= 15 is 0 Å². The van der Waals surface area contributed by atoms with Crippen LogP contribution < -0.4 is 10.6 Å². The van der Waals surface area contributed by atoms with Crippen LogP contribution in [0.25, 0.3) is 0 Å². The molecule has 1 rings (SSSR count). The summed E-state index contributed by atoms with van der Waals surface area (Å²) in [4.78, 5) is 9.85. The van der Waals surface area contributed by atoms with Gasteiger partial charge in [0.15, 0.2) is 5.82 Å². The molecule has 1 aromatic rings.